The van der Waals surface area contributed by atoms with Crippen LogP contribution in [0.15, 0.2) is 47.5 Å². The third-order valence-electron chi connectivity index (χ3n) is 7.52. The molecule has 0 amide bonds. The van der Waals surface area contributed by atoms with Gasteiger partial charge in [0, 0.05) is 54.0 Å². The molecule has 0 fully saturated rings. The summed E-state index contributed by atoms with van der Waals surface area (Å²) in [5, 5.41) is 1.48. The van der Waals surface area contributed by atoms with E-state index in [1.807, 2.05) is 18.2 Å². The van der Waals surface area contributed by atoms with Crippen LogP contribution in [0.3, 0.4) is 0 Å². The minimum atomic E-state index is -1.74. The standard InChI is InChI=1S/C30H44N2O3Si/c1-10-11-27(31-21-23-12-14-26(33-6)20-29(23)34-7)22-13-15-28-24(18-22)19-25(32(28)5)16-17-35-36(8,9)30(2,3)4/h12-15,18-20H,10-11,16-17,21H2,1-9H3/b31-27+. The number of aryl methyl sites for hydroxylation is 1. The quantitative estimate of drug-likeness (QED) is 0.198. The van der Waals surface area contributed by atoms with Crippen LogP contribution < -0.4 is 9.47 Å². The lowest BCUT2D eigenvalue weighted by molar-refractivity contribution is 0.290. The molecule has 6 heteroatoms. The monoisotopic (exact) mass is 508 g/mol. The van der Waals surface area contributed by atoms with Gasteiger partial charge in [0.05, 0.1) is 20.8 Å². The first-order chi connectivity index (χ1) is 17.0. The maximum Gasteiger partial charge on any atom is 0.191 e. The van der Waals surface area contributed by atoms with Gasteiger partial charge in [-0.25, -0.2) is 0 Å². The summed E-state index contributed by atoms with van der Waals surface area (Å²) in [6, 6.07) is 14.9. The van der Waals surface area contributed by atoms with Gasteiger partial charge < -0.3 is 18.5 Å². The van der Waals surface area contributed by atoms with Crippen LogP contribution in [0.4, 0.5) is 0 Å². The first-order valence-corrected chi connectivity index (χ1v) is 15.9. The summed E-state index contributed by atoms with van der Waals surface area (Å²) in [5.74, 6) is 1.59. The van der Waals surface area contributed by atoms with E-state index in [2.05, 4.69) is 76.7 Å². The molecule has 196 valence electrons. The third-order valence-corrected chi connectivity index (χ3v) is 12.1. The van der Waals surface area contributed by atoms with Crippen molar-refractivity contribution >= 4 is 24.9 Å². The predicted molar refractivity (Wildman–Crippen MR) is 154 cm³/mol. The highest BCUT2D eigenvalue weighted by atomic mass is 28.4. The Morgan fingerprint density at radius 2 is 1.75 bits per heavy atom. The van der Waals surface area contributed by atoms with E-state index in [4.69, 9.17) is 18.9 Å². The van der Waals surface area contributed by atoms with Crippen LogP contribution >= 0.6 is 0 Å². The molecule has 1 aromatic heterocycles. The zero-order chi connectivity index (χ0) is 26.5. The van der Waals surface area contributed by atoms with Gasteiger partial charge in [-0.15, -0.1) is 0 Å². The molecule has 0 bridgehead atoms. The number of aromatic nitrogens is 1. The summed E-state index contributed by atoms with van der Waals surface area (Å²) in [7, 11) is 3.77. The maximum atomic E-state index is 6.44. The van der Waals surface area contributed by atoms with Crippen molar-refractivity contribution in [1.82, 2.24) is 4.57 Å². The zero-order valence-electron chi connectivity index (χ0n) is 23.7. The summed E-state index contributed by atoms with van der Waals surface area (Å²) in [5.41, 5.74) is 5.92. The fourth-order valence-electron chi connectivity index (χ4n) is 4.17. The summed E-state index contributed by atoms with van der Waals surface area (Å²) < 4.78 is 19.6. The fraction of sp³-hybridized carbons (Fsp3) is 0.500. The molecule has 0 radical (unpaired) electrons. The molecule has 0 aliphatic heterocycles. The summed E-state index contributed by atoms with van der Waals surface area (Å²) in [6.45, 7) is 15.0. The normalized spacial score (nSPS) is 12.9. The Morgan fingerprint density at radius 3 is 2.39 bits per heavy atom. The molecular formula is C30H44N2O3Si. The predicted octanol–water partition coefficient (Wildman–Crippen LogP) is 7.55. The van der Waals surface area contributed by atoms with Crippen molar-refractivity contribution < 1.29 is 13.9 Å². The summed E-state index contributed by atoms with van der Waals surface area (Å²) in [6.07, 6.45) is 2.89. The van der Waals surface area contributed by atoms with Gasteiger partial charge in [0.1, 0.15) is 11.5 Å². The van der Waals surface area contributed by atoms with Crippen molar-refractivity contribution in [3.05, 3.63) is 59.3 Å². The van der Waals surface area contributed by atoms with E-state index >= 15 is 0 Å². The fourth-order valence-corrected chi connectivity index (χ4v) is 5.21. The Labute approximate surface area is 218 Å². The minimum Gasteiger partial charge on any atom is -0.497 e. The van der Waals surface area contributed by atoms with E-state index in [1.54, 1.807) is 14.2 Å². The van der Waals surface area contributed by atoms with Crippen LogP contribution in [0.25, 0.3) is 10.9 Å². The smallest absolute Gasteiger partial charge is 0.191 e. The molecule has 0 unspecified atom stereocenters. The maximum absolute atomic E-state index is 6.44. The summed E-state index contributed by atoms with van der Waals surface area (Å²) in [4.78, 5) is 5.03. The molecule has 36 heavy (non-hydrogen) atoms. The summed E-state index contributed by atoms with van der Waals surface area (Å²) >= 11 is 0. The van der Waals surface area contributed by atoms with Crippen LogP contribution in [-0.4, -0.2) is 39.4 Å². The lowest BCUT2D eigenvalue weighted by atomic mass is 10.0. The first-order valence-electron chi connectivity index (χ1n) is 13.0. The number of aliphatic imine (C=N–C) groups is 1. The first kappa shape index (κ1) is 28.0. The number of nitrogens with zero attached hydrogens (tertiary/aromatic N) is 2. The lowest BCUT2D eigenvalue weighted by Gasteiger charge is -2.36. The Balaban J connectivity index is 1.82. The van der Waals surface area contributed by atoms with Crippen molar-refractivity contribution in [3.63, 3.8) is 0 Å². The lowest BCUT2D eigenvalue weighted by Crippen LogP contribution is -2.41. The Bertz CT molecular complexity index is 1200. The molecule has 0 N–H and O–H groups in total. The van der Waals surface area contributed by atoms with Crippen molar-refractivity contribution in [2.24, 2.45) is 12.0 Å². The van der Waals surface area contributed by atoms with Crippen LogP contribution in [-0.2, 0) is 24.4 Å². The average molecular weight is 509 g/mol. The SMILES string of the molecule is CCC/C(=N\Cc1ccc(OC)cc1OC)c1ccc2c(c1)cc(CCO[Si](C)(C)C(C)(C)C)n2C. The van der Waals surface area contributed by atoms with E-state index in [9.17, 15) is 0 Å². The number of hydrogen-bond acceptors (Lipinski definition) is 4. The Kier molecular flexibility index (Phi) is 9.06. The molecule has 0 atom stereocenters. The van der Waals surface area contributed by atoms with Gasteiger partial charge >= 0.3 is 0 Å². The second-order valence-corrected chi connectivity index (χ2v) is 15.8. The average Bonchev–Trinajstić information content (AvgIpc) is 3.15. The molecule has 0 saturated heterocycles. The number of methoxy groups -OCH3 is 2. The largest absolute Gasteiger partial charge is 0.497 e. The number of rotatable bonds is 11. The second-order valence-electron chi connectivity index (χ2n) is 11.0. The minimum absolute atomic E-state index is 0.228. The molecule has 0 aliphatic carbocycles. The van der Waals surface area contributed by atoms with Crippen molar-refractivity contribution in [1.29, 1.82) is 0 Å². The second kappa shape index (κ2) is 11.7. The Hall–Kier alpha value is -2.57. The zero-order valence-corrected chi connectivity index (χ0v) is 24.7. The van der Waals surface area contributed by atoms with E-state index < -0.39 is 8.32 Å². The number of benzene rings is 2. The van der Waals surface area contributed by atoms with Crippen molar-refractivity contribution in [3.8, 4) is 11.5 Å². The van der Waals surface area contributed by atoms with Gasteiger partial charge in [0.25, 0.3) is 0 Å². The molecule has 0 spiro atoms. The molecule has 3 aromatic rings. The Morgan fingerprint density at radius 1 is 1.00 bits per heavy atom. The van der Waals surface area contributed by atoms with Gasteiger partial charge in [-0.05, 0) is 60.4 Å². The van der Waals surface area contributed by atoms with Gasteiger partial charge in [0.15, 0.2) is 8.32 Å². The van der Waals surface area contributed by atoms with Crippen molar-refractivity contribution in [2.45, 2.75) is 71.6 Å². The molecule has 3 rings (SSSR count). The van der Waals surface area contributed by atoms with E-state index in [-0.39, 0.29) is 5.04 Å². The molecule has 0 aliphatic rings. The van der Waals surface area contributed by atoms with Gasteiger partial charge in [-0.2, -0.15) is 0 Å². The third kappa shape index (κ3) is 6.40. The van der Waals surface area contributed by atoms with E-state index in [0.29, 0.717) is 6.54 Å². The van der Waals surface area contributed by atoms with Crippen LogP contribution in [0.5, 0.6) is 11.5 Å². The van der Waals surface area contributed by atoms with E-state index in [0.717, 1.165) is 48.6 Å². The topological polar surface area (TPSA) is 45.0 Å². The highest BCUT2D eigenvalue weighted by molar-refractivity contribution is 6.74. The molecule has 5 nitrogen and oxygen atoms in total. The van der Waals surface area contributed by atoms with Crippen LogP contribution in [0.2, 0.25) is 18.1 Å². The van der Waals surface area contributed by atoms with Crippen LogP contribution in [0, 0.1) is 0 Å². The molecule has 1 heterocycles. The van der Waals surface area contributed by atoms with Gasteiger partial charge in [0.2, 0.25) is 0 Å². The number of hydrogen-bond donors (Lipinski definition) is 0. The highest BCUT2D eigenvalue weighted by Gasteiger charge is 2.36. The van der Waals surface area contributed by atoms with Gasteiger partial charge in [-0.3, -0.25) is 4.99 Å². The van der Waals surface area contributed by atoms with Gasteiger partial charge in [-0.1, -0.05) is 40.2 Å². The molecular weight excluding hydrogens is 464 g/mol. The number of fused-ring (bicyclic) bond motifs is 1. The van der Waals surface area contributed by atoms with E-state index in [1.165, 1.54) is 22.2 Å². The van der Waals surface area contributed by atoms with Crippen molar-refractivity contribution in [2.75, 3.05) is 20.8 Å². The molecule has 2 aromatic carbocycles. The highest BCUT2D eigenvalue weighted by Crippen LogP contribution is 2.36. The van der Waals surface area contributed by atoms with Crippen LogP contribution in [0.1, 0.15) is 57.4 Å². The number of ether oxygens (including phenoxy) is 2. The molecule has 0 saturated carbocycles.